The second-order valence-electron chi connectivity index (χ2n) is 6.59. The lowest BCUT2D eigenvalue weighted by molar-refractivity contribution is 0.0407. The highest BCUT2D eigenvalue weighted by atomic mass is 16.3. The van der Waals surface area contributed by atoms with E-state index in [2.05, 4.69) is 33.2 Å². The van der Waals surface area contributed by atoms with E-state index in [0.717, 1.165) is 43.9 Å². The van der Waals surface area contributed by atoms with E-state index in [-0.39, 0.29) is 6.04 Å². The van der Waals surface area contributed by atoms with Gasteiger partial charge < -0.3 is 15.3 Å². The summed E-state index contributed by atoms with van der Waals surface area (Å²) in [6, 6.07) is 2.57. The fourth-order valence-corrected chi connectivity index (χ4v) is 2.61. The summed E-state index contributed by atoms with van der Waals surface area (Å²) in [5.74, 6) is 1.02. The molecule has 1 aliphatic rings. The largest absolute Gasteiger partial charge is 0.389 e. The Kier molecular flexibility index (Phi) is 5.17. The number of nitrogens with one attached hydrogen (secondary N) is 1. The quantitative estimate of drug-likeness (QED) is 0.836. The number of hydrogen-bond acceptors (Lipinski definition) is 5. The monoisotopic (exact) mass is 292 g/mol. The van der Waals surface area contributed by atoms with Crippen LogP contribution in [0.25, 0.3) is 0 Å². The van der Waals surface area contributed by atoms with Crippen molar-refractivity contribution in [1.29, 1.82) is 0 Å². The first-order valence-corrected chi connectivity index (χ1v) is 7.94. The van der Waals surface area contributed by atoms with E-state index in [1.165, 1.54) is 0 Å². The van der Waals surface area contributed by atoms with Crippen LogP contribution in [0.15, 0.2) is 12.4 Å². The average Bonchev–Trinajstić information content (AvgIpc) is 2.87. The molecular formula is C16H28N4O. The molecule has 1 aromatic rings. The summed E-state index contributed by atoms with van der Waals surface area (Å²) < 4.78 is 0. The predicted octanol–water partition coefficient (Wildman–Crippen LogP) is 1.76. The maximum atomic E-state index is 10.0. The van der Waals surface area contributed by atoms with E-state index >= 15 is 0 Å². The van der Waals surface area contributed by atoms with Crippen LogP contribution in [0, 0.1) is 0 Å². The zero-order valence-corrected chi connectivity index (χ0v) is 13.6. The number of rotatable bonds is 6. The van der Waals surface area contributed by atoms with Gasteiger partial charge in [0, 0.05) is 36.9 Å². The summed E-state index contributed by atoms with van der Waals surface area (Å²) >= 11 is 0. The van der Waals surface area contributed by atoms with Gasteiger partial charge in [-0.2, -0.15) is 0 Å². The highest BCUT2D eigenvalue weighted by molar-refractivity contribution is 5.40. The molecule has 0 saturated carbocycles. The minimum Gasteiger partial charge on any atom is -0.389 e. The zero-order valence-electron chi connectivity index (χ0n) is 13.6. The maximum absolute atomic E-state index is 10.0. The second-order valence-corrected chi connectivity index (χ2v) is 6.59. The minimum atomic E-state index is -0.698. The van der Waals surface area contributed by atoms with E-state index < -0.39 is 5.60 Å². The summed E-state index contributed by atoms with van der Waals surface area (Å²) in [4.78, 5) is 11.0. The first kappa shape index (κ1) is 16.2. The molecule has 1 aromatic heterocycles. The number of nitrogens with zero attached hydrogens (tertiary/aromatic N) is 3. The Morgan fingerprint density at radius 3 is 2.90 bits per heavy atom. The Hall–Kier alpha value is -1.20. The van der Waals surface area contributed by atoms with E-state index in [4.69, 9.17) is 0 Å². The SMILES string of the molecule is CCCc1cc(N2CCC(NC(C)C(C)(C)O)C2)ncn1. The van der Waals surface area contributed by atoms with Gasteiger partial charge in [0.15, 0.2) is 0 Å². The predicted molar refractivity (Wildman–Crippen MR) is 85.5 cm³/mol. The molecule has 0 spiro atoms. The standard InChI is InChI=1S/C16H28N4O/c1-5-6-13-9-15(18-11-17-13)20-8-7-14(10-20)19-12(2)16(3,4)21/h9,11-12,14,19,21H,5-8,10H2,1-4H3. The van der Waals surface area contributed by atoms with Gasteiger partial charge in [0.2, 0.25) is 0 Å². The molecule has 1 fully saturated rings. The van der Waals surface area contributed by atoms with Crippen LogP contribution in [-0.2, 0) is 6.42 Å². The van der Waals surface area contributed by atoms with Gasteiger partial charge in [-0.1, -0.05) is 13.3 Å². The molecule has 0 bridgehead atoms. The molecular weight excluding hydrogens is 264 g/mol. The number of anilines is 1. The molecule has 2 rings (SSSR count). The zero-order chi connectivity index (χ0) is 15.5. The van der Waals surface area contributed by atoms with E-state index in [9.17, 15) is 5.11 Å². The number of aromatic nitrogens is 2. The Balaban J connectivity index is 1.94. The molecule has 21 heavy (non-hydrogen) atoms. The third-order valence-electron chi connectivity index (χ3n) is 4.27. The van der Waals surface area contributed by atoms with Crippen molar-refractivity contribution in [3.63, 3.8) is 0 Å². The third kappa shape index (κ3) is 4.38. The number of hydrogen-bond donors (Lipinski definition) is 2. The van der Waals surface area contributed by atoms with Crippen molar-refractivity contribution in [2.24, 2.45) is 0 Å². The topological polar surface area (TPSA) is 61.3 Å². The van der Waals surface area contributed by atoms with Crippen molar-refractivity contribution in [1.82, 2.24) is 15.3 Å². The lowest BCUT2D eigenvalue weighted by Gasteiger charge is -2.29. The van der Waals surface area contributed by atoms with Crippen LogP contribution in [0.3, 0.4) is 0 Å². The van der Waals surface area contributed by atoms with Gasteiger partial charge in [-0.3, -0.25) is 0 Å². The van der Waals surface area contributed by atoms with Crippen LogP contribution in [0.2, 0.25) is 0 Å². The molecule has 5 nitrogen and oxygen atoms in total. The van der Waals surface area contributed by atoms with Gasteiger partial charge in [-0.25, -0.2) is 9.97 Å². The lowest BCUT2D eigenvalue weighted by atomic mass is 10.00. The molecule has 0 amide bonds. The van der Waals surface area contributed by atoms with Crippen molar-refractivity contribution in [2.45, 2.75) is 64.6 Å². The van der Waals surface area contributed by atoms with Crippen LogP contribution in [0.1, 0.15) is 46.2 Å². The number of aryl methyl sites for hydroxylation is 1. The molecule has 2 N–H and O–H groups in total. The normalized spacial score (nSPS) is 20.8. The van der Waals surface area contributed by atoms with Gasteiger partial charge in [0.25, 0.3) is 0 Å². The summed E-state index contributed by atoms with van der Waals surface area (Å²) in [5.41, 5.74) is 0.417. The van der Waals surface area contributed by atoms with Crippen LogP contribution in [-0.4, -0.2) is 45.8 Å². The lowest BCUT2D eigenvalue weighted by Crippen LogP contribution is -2.49. The second kappa shape index (κ2) is 6.71. The molecule has 5 heteroatoms. The van der Waals surface area contributed by atoms with E-state index in [1.807, 2.05) is 20.8 Å². The van der Waals surface area contributed by atoms with Gasteiger partial charge in [-0.15, -0.1) is 0 Å². The third-order valence-corrected chi connectivity index (χ3v) is 4.27. The van der Waals surface area contributed by atoms with Crippen LogP contribution >= 0.6 is 0 Å². The smallest absolute Gasteiger partial charge is 0.132 e. The highest BCUT2D eigenvalue weighted by Crippen LogP contribution is 2.20. The number of aliphatic hydroxyl groups is 1. The average molecular weight is 292 g/mol. The molecule has 1 saturated heterocycles. The van der Waals surface area contributed by atoms with E-state index in [0.29, 0.717) is 6.04 Å². The first-order valence-electron chi connectivity index (χ1n) is 7.94. The Labute approximate surface area is 127 Å². The molecule has 0 aliphatic carbocycles. The summed E-state index contributed by atoms with van der Waals surface area (Å²) in [7, 11) is 0. The minimum absolute atomic E-state index is 0.0727. The molecule has 2 unspecified atom stereocenters. The summed E-state index contributed by atoms with van der Waals surface area (Å²) in [6.45, 7) is 9.82. The fourth-order valence-electron chi connectivity index (χ4n) is 2.61. The van der Waals surface area contributed by atoms with Gasteiger partial charge >= 0.3 is 0 Å². The molecule has 118 valence electrons. The van der Waals surface area contributed by atoms with Gasteiger partial charge in [0.05, 0.1) is 5.60 Å². The van der Waals surface area contributed by atoms with Crippen molar-refractivity contribution in [3.8, 4) is 0 Å². The molecule has 0 radical (unpaired) electrons. The van der Waals surface area contributed by atoms with Gasteiger partial charge in [0.1, 0.15) is 12.1 Å². The van der Waals surface area contributed by atoms with Crippen LogP contribution in [0.5, 0.6) is 0 Å². The Morgan fingerprint density at radius 1 is 1.48 bits per heavy atom. The van der Waals surface area contributed by atoms with Crippen LogP contribution < -0.4 is 10.2 Å². The fraction of sp³-hybridized carbons (Fsp3) is 0.750. The Bertz CT molecular complexity index is 458. The van der Waals surface area contributed by atoms with Crippen LogP contribution in [0.4, 0.5) is 5.82 Å². The summed E-state index contributed by atoms with van der Waals surface area (Å²) in [6.07, 6.45) is 4.85. The van der Waals surface area contributed by atoms with E-state index in [1.54, 1.807) is 6.33 Å². The van der Waals surface area contributed by atoms with Crippen molar-refractivity contribution in [2.75, 3.05) is 18.0 Å². The molecule has 0 aromatic carbocycles. The highest BCUT2D eigenvalue weighted by Gasteiger charge is 2.29. The van der Waals surface area contributed by atoms with Gasteiger partial charge in [-0.05, 0) is 33.6 Å². The maximum Gasteiger partial charge on any atom is 0.132 e. The molecule has 2 heterocycles. The molecule has 1 aliphatic heterocycles. The first-order chi connectivity index (χ1) is 9.90. The Morgan fingerprint density at radius 2 is 2.24 bits per heavy atom. The van der Waals surface area contributed by atoms with Crippen molar-refractivity contribution < 1.29 is 5.11 Å². The molecule has 2 atom stereocenters. The van der Waals surface area contributed by atoms with Crippen molar-refractivity contribution >= 4 is 5.82 Å². The van der Waals surface area contributed by atoms with Crippen molar-refractivity contribution in [3.05, 3.63) is 18.1 Å². The summed E-state index contributed by atoms with van der Waals surface area (Å²) in [5, 5.41) is 13.6.